The predicted octanol–water partition coefficient (Wildman–Crippen LogP) is 2.79. The van der Waals surface area contributed by atoms with Crippen LogP contribution >= 0.6 is 11.7 Å². The van der Waals surface area contributed by atoms with Crippen molar-refractivity contribution in [3.8, 4) is 0 Å². The van der Waals surface area contributed by atoms with Crippen molar-refractivity contribution in [3.63, 3.8) is 0 Å². The second-order valence-corrected chi connectivity index (χ2v) is 8.85. The topological polar surface area (TPSA) is 92.3 Å². The average molecular weight is 403 g/mol. The van der Waals surface area contributed by atoms with Crippen molar-refractivity contribution in [2.75, 3.05) is 11.9 Å². The number of hydrogen-bond acceptors (Lipinski definition) is 6. The van der Waals surface area contributed by atoms with Crippen LogP contribution in [-0.2, 0) is 14.8 Å². The number of rotatable bonds is 4. The van der Waals surface area contributed by atoms with Crippen molar-refractivity contribution in [2.24, 2.45) is 0 Å². The molecule has 2 heterocycles. The zero-order valence-electron chi connectivity index (χ0n) is 14.6. The molecule has 1 saturated heterocycles. The van der Waals surface area contributed by atoms with Gasteiger partial charge in [0.25, 0.3) is 0 Å². The second-order valence-electron chi connectivity index (χ2n) is 6.47. The van der Waals surface area contributed by atoms with Crippen molar-refractivity contribution in [3.05, 3.63) is 48.0 Å². The van der Waals surface area contributed by atoms with E-state index in [0.29, 0.717) is 36.1 Å². The Bertz CT molecular complexity index is 1110. The van der Waals surface area contributed by atoms with E-state index in [1.807, 2.05) is 31.2 Å². The molecule has 1 aromatic heterocycles. The average Bonchev–Trinajstić information content (AvgIpc) is 3.32. The molecule has 7 nitrogen and oxygen atoms in total. The molecule has 0 saturated carbocycles. The minimum absolute atomic E-state index is 0.101. The maximum absolute atomic E-state index is 13.3. The highest BCUT2D eigenvalue weighted by molar-refractivity contribution is 7.89. The van der Waals surface area contributed by atoms with E-state index in [2.05, 4.69) is 14.1 Å². The molecule has 9 heteroatoms. The molecule has 1 atom stereocenters. The van der Waals surface area contributed by atoms with E-state index < -0.39 is 16.1 Å². The highest BCUT2D eigenvalue weighted by Crippen LogP contribution is 2.30. The fraction of sp³-hybridized carbons (Fsp3) is 0.278. The SMILES string of the molecule is Cc1ccccc1NC(=O)C1CCCN1S(=O)(=O)c1cccc2nsnc12. The molecule has 0 aliphatic carbocycles. The minimum atomic E-state index is -3.86. The van der Waals surface area contributed by atoms with E-state index >= 15 is 0 Å². The normalized spacial score (nSPS) is 18.0. The number of amides is 1. The molecule has 4 rings (SSSR count). The largest absolute Gasteiger partial charge is 0.324 e. The summed E-state index contributed by atoms with van der Waals surface area (Å²) in [4.78, 5) is 12.9. The number of sulfonamides is 1. The molecule has 0 spiro atoms. The monoisotopic (exact) mass is 402 g/mol. The molecule has 1 unspecified atom stereocenters. The fourth-order valence-electron chi connectivity index (χ4n) is 3.33. The first kappa shape index (κ1) is 18.0. The lowest BCUT2D eigenvalue weighted by molar-refractivity contribution is -0.119. The number of aromatic nitrogens is 2. The lowest BCUT2D eigenvalue weighted by Gasteiger charge is -2.23. The van der Waals surface area contributed by atoms with Crippen LogP contribution in [0, 0.1) is 6.92 Å². The fourth-order valence-corrected chi connectivity index (χ4v) is 5.75. The molecule has 2 aromatic carbocycles. The van der Waals surface area contributed by atoms with Gasteiger partial charge >= 0.3 is 0 Å². The Morgan fingerprint density at radius 1 is 1.19 bits per heavy atom. The highest BCUT2D eigenvalue weighted by atomic mass is 32.2. The maximum atomic E-state index is 13.3. The summed E-state index contributed by atoms with van der Waals surface area (Å²) in [5.74, 6) is -0.311. The van der Waals surface area contributed by atoms with Gasteiger partial charge in [0.2, 0.25) is 15.9 Å². The van der Waals surface area contributed by atoms with Gasteiger partial charge in [-0.05, 0) is 43.5 Å². The minimum Gasteiger partial charge on any atom is -0.324 e. The van der Waals surface area contributed by atoms with Crippen LogP contribution in [0.3, 0.4) is 0 Å². The Hall–Kier alpha value is -2.36. The summed E-state index contributed by atoms with van der Waals surface area (Å²) >= 11 is 0.974. The Labute approximate surface area is 161 Å². The maximum Gasteiger partial charge on any atom is 0.246 e. The van der Waals surface area contributed by atoms with Crippen LogP contribution in [0.25, 0.3) is 11.0 Å². The third-order valence-corrected chi connectivity index (χ3v) is 7.23. The molecule has 3 aromatic rings. The molecule has 0 bridgehead atoms. The van der Waals surface area contributed by atoms with E-state index in [-0.39, 0.29) is 10.8 Å². The number of carbonyl (C=O) groups is 1. The lowest BCUT2D eigenvalue weighted by atomic mass is 10.1. The van der Waals surface area contributed by atoms with Crippen LogP contribution in [0.4, 0.5) is 5.69 Å². The molecule has 1 N–H and O–H groups in total. The van der Waals surface area contributed by atoms with E-state index in [4.69, 9.17) is 0 Å². The predicted molar refractivity (Wildman–Crippen MR) is 104 cm³/mol. The standard InChI is InChI=1S/C18H18N4O3S2/c1-12-6-2-3-7-13(12)19-18(23)15-9-5-11-22(15)27(24,25)16-10-4-8-14-17(16)21-26-20-14/h2-4,6-8,10,15H,5,9,11H2,1H3,(H,19,23). The quantitative estimate of drug-likeness (QED) is 0.724. The van der Waals surface area contributed by atoms with Crippen molar-refractivity contribution in [1.29, 1.82) is 0 Å². The third kappa shape index (κ3) is 3.22. The van der Waals surface area contributed by atoms with Crippen molar-refractivity contribution < 1.29 is 13.2 Å². The number of hydrogen-bond donors (Lipinski definition) is 1. The zero-order chi connectivity index (χ0) is 19.0. The number of anilines is 1. The highest BCUT2D eigenvalue weighted by Gasteiger charge is 2.40. The van der Waals surface area contributed by atoms with Gasteiger partial charge in [0.15, 0.2) is 0 Å². The van der Waals surface area contributed by atoms with Gasteiger partial charge in [-0.1, -0.05) is 24.3 Å². The van der Waals surface area contributed by atoms with Gasteiger partial charge in [0.05, 0.1) is 11.7 Å². The summed E-state index contributed by atoms with van der Waals surface area (Å²) in [6, 6.07) is 11.6. The number of fused-ring (bicyclic) bond motifs is 1. The summed E-state index contributed by atoms with van der Waals surface area (Å²) in [6.45, 7) is 2.21. The van der Waals surface area contributed by atoms with E-state index in [0.717, 1.165) is 17.3 Å². The van der Waals surface area contributed by atoms with Gasteiger partial charge < -0.3 is 5.32 Å². The summed E-state index contributed by atoms with van der Waals surface area (Å²) in [6.07, 6.45) is 1.12. The Kier molecular flexibility index (Phi) is 4.67. The number of aryl methyl sites for hydroxylation is 1. The molecule has 27 heavy (non-hydrogen) atoms. The van der Waals surface area contributed by atoms with Crippen LogP contribution < -0.4 is 5.32 Å². The Balaban J connectivity index is 1.65. The first-order valence-electron chi connectivity index (χ1n) is 8.58. The van der Waals surface area contributed by atoms with Crippen LogP contribution in [0.15, 0.2) is 47.4 Å². The molecule has 140 valence electrons. The molecular formula is C18H18N4O3S2. The van der Waals surface area contributed by atoms with Gasteiger partial charge in [-0.3, -0.25) is 4.79 Å². The van der Waals surface area contributed by atoms with E-state index in [1.165, 1.54) is 10.4 Å². The smallest absolute Gasteiger partial charge is 0.246 e. The summed E-state index contributed by atoms with van der Waals surface area (Å²) in [7, 11) is -3.86. The number of benzene rings is 2. The van der Waals surface area contributed by atoms with Crippen molar-refractivity contribution in [1.82, 2.24) is 13.1 Å². The molecule has 0 radical (unpaired) electrons. The molecule has 1 aliphatic heterocycles. The second kappa shape index (κ2) is 6.99. The Morgan fingerprint density at radius 2 is 2.00 bits per heavy atom. The molecular weight excluding hydrogens is 384 g/mol. The van der Waals surface area contributed by atoms with Crippen LogP contribution in [0.2, 0.25) is 0 Å². The van der Waals surface area contributed by atoms with Gasteiger partial charge in [0.1, 0.15) is 22.0 Å². The van der Waals surface area contributed by atoms with Gasteiger partial charge in [-0.2, -0.15) is 13.1 Å². The van der Waals surface area contributed by atoms with E-state index in [9.17, 15) is 13.2 Å². The summed E-state index contributed by atoms with van der Waals surface area (Å²) in [5.41, 5.74) is 2.52. The first-order valence-corrected chi connectivity index (χ1v) is 10.7. The third-order valence-electron chi connectivity index (χ3n) is 4.74. The summed E-state index contributed by atoms with van der Waals surface area (Å²) in [5, 5.41) is 2.87. The van der Waals surface area contributed by atoms with Crippen LogP contribution in [0.5, 0.6) is 0 Å². The van der Waals surface area contributed by atoms with Crippen molar-refractivity contribution >= 4 is 44.4 Å². The number of para-hydroxylation sites is 1. The first-order chi connectivity index (χ1) is 13.0. The molecule has 1 aliphatic rings. The van der Waals surface area contributed by atoms with Crippen molar-refractivity contribution in [2.45, 2.75) is 30.7 Å². The zero-order valence-corrected chi connectivity index (χ0v) is 16.3. The van der Waals surface area contributed by atoms with Crippen LogP contribution in [0.1, 0.15) is 18.4 Å². The number of carbonyl (C=O) groups excluding carboxylic acids is 1. The lowest BCUT2D eigenvalue weighted by Crippen LogP contribution is -2.43. The van der Waals surface area contributed by atoms with Gasteiger partial charge in [-0.25, -0.2) is 8.42 Å². The summed E-state index contributed by atoms with van der Waals surface area (Å²) < 4.78 is 36.1. The molecule has 1 amide bonds. The Morgan fingerprint density at radius 3 is 2.81 bits per heavy atom. The van der Waals surface area contributed by atoms with Crippen LogP contribution in [-0.4, -0.2) is 40.0 Å². The number of nitrogens with zero attached hydrogens (tertiary/aromatic N) is 3. The molecule has 1 fully saturated rings. The van der Waals surface area contributed by atoms with E-state index in [1.54, 1.807) is 12.1 Å². The van der Waals surface area contributed by atoms with Gasteiger partial charge in [0, 0.05) is 12.2 Å². The number of nitrogens with one attached hydrogen (secondary N) is 1. The van der Waals surface area contributed by atoms with Gasteiger partial charge in [-0.15, -0.1) is 0 Å².